The summed E-state index contributed by atoms with van der Waals surface area (Å²) in [5.41, 5.74) is 0.866. The summed E-state index contributed by atoms with van der Waals surface area (Å²) in [4.78, 5) is 20.4. The highest BCUT2D eigenvalue weighted by Gasteiger charge is 2.30. The van der Waals surface area contributed by atoms with Crippen molar-refractivity contribution in [2.45, 2.75) is 31.6 Å². The Morgan fingerprint density at radius 2 is 2.14 bits per heavy atom. The van der Waals surface area contributed by atoms with Crippen molar-refractivity contribution in [1.82, 2.24) is 14.4 Å². The highest BCUT2D eigenvalue weighted by molar-refractivity contribution is 14.1. The van der Waals surface area contributed by atoms with Gasteiger partial charge in [0.2, 0.25) is 0 Å². The molecule has 112 valence electrons. The second-order valence-electron chi connectivity index (χ2n) is 5.27. The van der Waals surface area contributed by atoms with E-state index in [1.807, 2.05) is 10.6 Å². The minimum Gasteiger partial charge on any atom is -0.469 e. The molecule has 1 aliphatic carbocycles. The molecule has 0 saturated heterocycles. The quantitative estimate of drug-likeness (QED) is 0.553. The van der Waals surface area contributed by atoms with Gasteiger partial charge < -0.3 is 4.74 Å². The van der Waals surface area contributed by atoms with Crippen molar-refractivity contribution in [3.8, 4) is 0 Å². The number of hydrogen-bond donors (Lipinski definition) is 0. The number of imidazole rings is 1. The van der Waals surface area contributed by atoms with Crippen LogP contribution in [-0.2, 0) is 9.53 Å². The maximum absolute atomic E-state index is 11.6. The molecule has 0 unspecified atom stereocenters. The first-order valence-electron chi connectivity index (χ1n) is 6.87. The van der Waals surface area contributed by atoms with Crippen molar-refractivity contribution < 1.29 is 9.53 Å². The zero-order valence-electron chi connectivity index (χ0n) is 11.6. The van der Waals surface area contributed by atoms with Crippen LogP contribution in [0.2, 0.25) is 5.15 Å². The smallest absolute Gasteiger partial charge is 0.308 e. The zero-order chi connectivity index (χ0) is 15.0. The van der Waals surface area contributed by atoms with Crippen LogP contribution in [0.5, 0.6) is 0 Å². The van der Waals surface area contributed by atoms with Gasteiger partial charge in [0.25, 0.3) is 0 Å². The normalized spacial score (nSPS) is 22.4. The molecule has 0 aromatic carbocycles. The second-order valence-corrected chi connectivity index (χ2v) is 6.65. The zero-order valence-corrected chi connectivity index (χ0v) is 14.5. The minimum atomic E-state index is -0.0942. The Bertz CT molecular complexity index is 680. The number of carbonyl (C=O) groups excluding carboxylic acids is 1. The van der Waals surface area contributed by atoms with Crippen LogP contribution >= 0.6 is 34.2 Å². The summed E-state index contributed by atoms with van der Waals surface area (Å²) in [5, 5.41) is 0.476. The van der Waals surface area contributed by atoms with Gasteiger partial charge in [-0.2, -0.15) is 0 Å². The van der Waals surface area contributed by atoms with Gasteiger partial charge in [-0.05, 0) is 48.3 Å². The van der Waals surface area contributed by atoms with Crippen molar-refractivity contribution in [3.63, 3.8) is 0 Å². The first-order chi connectivity index (χ1) is 10.1. The molecule has 1 fully saturated rings. The molecule has 0 atom stereocenters. The standard InChI is InChI=1S/C14H15ClIN3O2/c1-21-14(20)9-4-2-8(3-5-9)13-18-12(16)10-11(15)17-6-7-19(10)13/h6-9H,2-5H2,1H3. The average Bonchev–Trinajstić information content (AvgIpc) is 2.85. The maximum Gasteiger partial charge on any atom is 0.308 e. The summed E-state index contributed by atoms with van der Waals surface area (Å²) in [6.07, 6.45) is 7.17. The average molecular weight is 420 g/mol. The Balaban J connectivity index is 1.86. The van der Waals surface area contributed by atoms with Gasteiger partial charge in [-0.3, -0.25) is 9.20 Å². The first kappa shape index (κ1) is 15.0. The molecule has 0 N–H and O–H groups in total. The van der Waals surface area contributed by atoms with Crippen molar-refractivity contribution in [2.24, 2.45) is 5.92 Å². The number of ether oxygens (including phenoxy) is 1. The lowest BCUT2D eigenvalue weighted by Gasteiger charge is -2.26. The number of carbonyl (C=O) groups is 1. The maximum atomic E-state index is 11.6. The van der Waals surface area contributed by atoms with Crippen LogP contribution in [0.1, 0.15) is 37.4 Å². The number of aromatic nitrogens is 3. The minimum absolute atomic E-state index is 0.0294. The summed E-state index contributed by atoms with van der Waals surface area (Å²) >= 11 is 8.35. The SMILES string of the molecule is COC(=O)C1CCC(c2nc(I)c3c(Cl)nccn23)CC1. The fourth-order valence-corrected chi connectivity index (χ4v) is 4.18. The molecule has 0 spiro atoms. The van der Waals surface area contributed by atoms with E-state index < -0.39 is 0 Å². The van der Waals surface area contributed by atoms with E-state index in [1.54, 1.807) is 6.20 Å². The monoisotopic (exact) mass is 419 g/mol. The lowest BCUT2D eigenvalue weighted by molar-refractivity contribution is -0.146. The fourth-order valence-electron chi connectivity index (χ4n) is 3.03. The summed E-state index contributed by atoms with van der Waals surface area (Å²) < 4.78 is 7.73. The number of halogens is 2. The van der Waals surface area contributed by atoms with E-state index in [0.29, 0.717) is 11.1 Å². The van der Waals surface area contributed by atoms with Gasteiger partial charge in [0.15, 0.2) is 5.15 Å². The second kappa shape index (κ2) is 6.08. The lowest BCUT2D eigenvalue weighted by Crippen LogP contribution is -2.23. The molecule has 2 aromatic heterocycles. The van der Waals surface area contributed by atoms with Crippen LogP contribution in [0.15, 0.2) is 12.4 Å². The molecule has 2 heterocycles. The molecule has 1 aliphatic rings. The number of fused-ring (bicyclic) bond motifs is 1. The van der Waals surface area contributed by atoms with Crippen molar-refractivity contribution in [2.75, 3.05) is 7.11 Å². The summed E-state index contributed by atoms with van der Waals surface area (Å²) in [5.74, 6) is 1.30. The number of methoxy groups -OCH3 is 1. The highest BCUT2D eigenvalue weighted by Crippen LogP contribution is 2.37. The van der Waals surface area contributed by atoms with Crippen molar-refractivity contribution in [1.29, 1.82) is 0 Å². The summed E-state index contributed by atoms with van der Waals surface area (Å²) in [6.45, 7) is 0. The molecule has 21 heavy (non-hydrogen) atoms. The van der Waals surface area contributed by atoms with Crippen LogP contribution in [0.3, 0.4) is 0 Å². The Morgan fingerprint density at radius 3 is 2.81 bits per heavy atom. The summed E-state index contributed by atoms with van der Waals surface area (Å²) in [7, 11) is 1.45. The molecule has 0 amide bonds. The topological polar surface area (TPSA) is 56.5 Å². The third-order valence-electron chi connectivity index (χ3n) is 4.12. The number of hydrogen-bond acceptors (Lipinski definition) is 4. The Labute approximate surface area is 141 Å². The number of esters is 1. The van der Waals surface area contributed by atoms with Gasteiger partial charge in [0.05, 0.1) is 13.0 Å². The molecule has 1 saturated carbocycles. The van der Waals surface area contributed by atoms with Crippen molar-refractivity contribution in [3.05, 3.63) is 27.1 Å². The van der Waals surface area contributed by atoms with Gasteiger partial charge in [-0.1, -0.05) is 11.6 Å². The van der Waals surface area contributed by atoms with E-state index in [1.165, 1.54) is 7.11 Å². The van der Waals surface area contributed by atoms with Crippen LogP contribution in [0, 0.1) is 9.62 Å². The molecular weight excluding hydrogens is 405 g/mol. The molecule has 0 radical (unpaired) electrons. The lowest BCUT2D eigenvalue weighted by atomic mass is 9.81. The van der Waals surface area contributed by atoms with Crippen molar-refractivity contribution >= 4 is 45.7 Å². The molecule has 0 bridgehead atoms. The third kappa shape index (κ3) is 2.75. The predicted octanol–water partition coefficient (Wildman–Crippen LogP) is 3.43. The van der Waals surface area contributed by atoms with E-state index in [-0.39, 0.29) is 11.9 Å². The van der Waals surface area contributed by atoms with Crippen LogP contribution in [0.4, 0.5) is 0 Å². The molecule has 7 heteroatoms. The van der Waals surface area contributed by atoms with Gasteiger partial charge in [-0.15, -0.1) is 0 Å². The van der Waals surface area contributed by atoms with E-state index in [9.17, 15) is 4.79 Å². The van der Waals surface area contributed by atoms with E-state index in [4.69, 9.17) is 16.3 Å². The van der Waals surface area contributed by atoms with E-state index >= 15 is 0 Å². The Morgan fingerprint density at radius 1 is 1.43 bits per heavy atom. The van der Waals surface area contributed by atoms with Gasteiger partial charge in [-0.25, -0.2) is 9.97 Å². The van der Waals surface area contributed by atoms with Crippen LogP contribution < -0.4 is 0 Å². The highest BCUT2D eigenvalue weighted by atomic mass is 127. The van der Waals surface area contributed by atoms with Gasteiger partial charge in [0, 0.05) is 18.3 Å². The Kier molecular flexibility index (Phi) is 4.35. The third-order valence-corrected chi connectivity index (χ3v) is 5.15. The van der Waals surface area contributed by atoms with E-state index in [2.05, 4.69) is 32.6 Å². The fraction of sp³-hybridized carbons (Fsp3) is 0.500. The van der Waals surface area contributed by atoms with Gasteiger partial charge >= 0.3 is 5.97 Å². The number of nitrogens with zero attached hydrogens (tertiary/aromatic N) is 3. The van der Waals surface area contributed by atoms with Crippen LogP contribution in [0.25, 0.3) is 5.52 Å². The Hall–Kier alpha value is -0.890. The van der Waals surface area contributed by atoms with Crippen LogP contribution in [-0.4, -0.2) is 27.4 Å². The summed E-state index contributed by atoms with van der Waals surface area (Å²) in [6, 6.07) is 0. The molecular formula is C14H15ClIN3O2. The largest absolute Gasteiger partial charge is 0.469 e. The molecule has 3 rings (SSSR count). The molecule has 0 aliphatic heterocycles. The van der Waals surface area contributed by atoms with Gasteiger partial charge in [0.1, 0.15) is 15.0 Å². The first-order valence-corrected chi connectivity index (χ1v) is 8.33. The molecule has 2 aromatic rings. The predicted molar refractivity (Wildman–Crippen MR) is 87.4 cm³/mol. The molecule has 5 nitrogen and oxygen atoms in total. The van der Waals surface area contributed by atoms with E-state index in [0.717, 1.165) is 40.7 Å². The number of rotatable bonds is 2.